The Morgan fingerprint density at radius 1 is 1.20 bits per heavy atom. The number of hydrazine groups is 2. The number of hydrogen-bond acceptors (Lipinski definition) is 5. The van der Waals surface area contributed by atoms with Gasteiger partial charge in [0.05, 0.1) is 0 Å². The van der Waals surface area contributed by atoms with E-state index in [0.29, 0.717) is 0 Å². The highest BCUT2D eigenvalue weighted by molar-refractivity contribution is 5.72. The summed E-state index contributed by atoms with van der Waals surface area (Å²) in [7, 11) is 0. The van der Waals surface area contributed by atoms with Crippen molar-refractivity contribution in [3.63, 3.8) is 0 Å². The van der Waals surface area contributed by atoms with Crippen molar-refractivity contribution in [1.29, 1.82) is 10.5 Å². The fourth-order valence-corrected chi connectivity index (χ4v) is 0.0417. The number of nitrogens with two attached hydrogens (primary N) is 2. The van der Waals surface area contributed by atoms with Crippen molar-refractivity contribution in [2.45, 2.75) is 0 Å². The second-order valence-corrected chi connectivity index (χ2v) is 0.841. The molecule has 0 fully saturated rings. The summed E-state index contributed by atoms with van der Waals surface area (Å²) < 4.78 is 0. The van der Waals surface area contributed by atoms with Crippen LogP contribution >= 0.6 is 0 Å². The molecular weight excluding hydrogens is 136 g/mol. The van der Waals surface area contributed by atoms with Crippen LogP contribution in [0.25, 0.3) is 0 Å². The van der Waals surface area contributed by atoms with Gasteiger partial charge in [-0.15, -0.1) is 0 Å². The van der Waals surface area contributed by atoms with Gasteiger partial charge in [-0.3, -0.25) is 10.9 Å². The van der Waals surface area contributed by atoms with Crippen LogP contribution in [0.15, 0.2) is 0 Å². The number of rotatable bonds is 0. The molecule has 54 valence electrons. The van der Waals surface area contributed by atoms with E-state index in [1.165, 1.54) is 12.1 Å². The first kappa shape index (κ1) is 11.0. The van der Waals surface area contributed by atoms with Gasteiger partial charge in [-0.1, -0.05) is 0 Å². The first-order chi connectivity index (χ1) is 4.72. The van der Waals surface area contributed by atoms with Crippen molar-refractivity contribution in [2.75, 3.05) is 0 Å². The molecule has 7 nitrogen and oxygen atoms in total. The first-order valence-corrected chi connectivity index (χ1v) is 1.98. The Kier molecular flexibility index (Phi) is 11.3. The molecule has 0 aliphatic rings. The number of amides is 2. The SMILES string of the molecule is N#CC#N.NNC(=O)NN. The summed E-state index contributed by atoms with van der Waals surface area (Å²) >= 11 is 0. The standard InChI is InChI=1S/C2N2.CH6N4O/c3-1-2-4;2-4-1(6)5-3/h;2-3H2,(H2,4,5,6). The number of nitrogens with zero attached hydrogens (tertiary/aromatic N) is 2. The van der Waals surface area contributed by atoms with Gasteiger partial charge in [0.25, 0.3) is 0 Å². The van der Waals surface area contributed by atoms with E-state index in [-0.39, 0.29) is 0 Å². The zero-order valence-electron chi connectivity index (χ0n) is 4.96. The zero-order chi connectivity index (χ0) is 8.41. The van der Waals surface area contributed by atoms with Gasteiger partial charge in [-0.2, -0.15) is 10.5 Å². The molecule has 0 unspecified atom stereocenters. The van der Waals surface area contributed by atoms with Crippen molar-refractivity contribution in [3.05, 3.63) is 0 Å². The van der Waals surface area contributed by atoms with Gasteiger partial charge in [-0.25, -0.2) is 16.5 Å². The average molecular weight is 142 g/mol. The summed E-state index contributed by atoms with van der Waals surface area (Å²) in [6.07, 6.45) is 0. The van der Waals surface area contributed by atoms with Crippen LogP contribution in [0.2, 0.25) is 0 Å². The molecule has 0 spiro atoms. The third-order valence-electron chi connectivity index (χ3n) is 0.312. The summed E-state index contributed by atoms with van der Waals surface area (Å²) in [4.78, 5) is 9.71. The highest BCUT2D eigenvalue weighted by Gasteiger charge is 1.82. The number of nitrogens with one attached hydrogen (secondary N) is 2. The molecule has 0 saturated carbocycles. The van der Waals surface area contributed by atoms with Crippen LogP contribution in [0.3, 0.4) is 0 Å². The lowest BCUT2D eigenvalue weighted by Gasteiger charge is -1.90. The molecule has 0 rings (SSSR count). The molecule has 0 radical (unpaired) electrons. The van der Waals surface area contributed by atoms with Gasteiger partial charge in [-0.05, 0) is 0 Å². The Morgan fingerprint density at radius 2 is 1.50 bits per heavy atom. The van der Waals surface area contributed by atoms with Crippen molar-refractivity contribution >= 4 is 6.03 Å². The lowest BCUT2D eigenvalue weighted by Crippen LogP contribution is -2.43. The lowest BCUT2D eigenvalue weighted by molar-refractivity contribution is 0.241. The molecule has 0 aliphatic heterocycles. The van der Waals surface area contributed by atoms with E-state index in [0.717, 1.165) is 0 Å². The van der Waals surface area contributed by atoms with Gasteiger partial charge in [0.15, 0.2) is 12.1 Å². The van der Waals surface area contributed by atoms with Gasteiger partial charge < -0.3 is 0 Å². The normalized spacial score (nSPS) is 5.20. The maximum atomic E-state index is 9.71. The summed E-state index contributed by atoms with van der Waals surface area (Å²) in [6, 6.07) is 1.87. The minimum atomic E-state index is -0.602. The smallest absolute Gasteiger partial charge is 0.275 e. The molecule has 0 aromatic heterocycles. The third-order valence-corrected chi connectivity index (χ3v) is 0.312. The first-order valence-electron chi connectivity index (χ1n) is 1.98. The second kappa shape index (κ2) is 10.2. The van der Waals surface area contributed by atoms with Gasteiger partial charge >= 0.3 is 6.03 Å². The number of urea groups is 1. The second-order valence-electron chi connectivity index (χ2n) is 0.841. The number of carbonyl (C=O) groups is 1. The summed E-state index contributed by atoms with van der Waals surface area (Å²) in [5, 5.41) is 14.5. The summed E-state index contributed by atoms with van der Waals surface area (Å²) in [5.74, 6) is 9.08. The van der Waals surface area contributed by atoms with Crippen molar-refractivity contribution in [1.82, 2.24) is 10.9 Å². The van der Waals surface area contributed by atoms with Crippen LogP contribution in [-0.4, -0.2) is 6.03 Å². The van der Waals surface area contributed by atoms with E-state index >= 15 is 0 Å². The average Bonchev–Trinajstić information content (AvgIpc) is 2.03. The fourth-order valence-electron chi connectivity index (χ4n) is 0.0417. The number of nitriles is 2. The number of hydrogen-bond donors (Lipinski definition) is 4. The highest BCUT2D eigenvalue weighted by Crippen LogP contribution is 1.42. The van der Waals surface area contributed by atoms with Crippen molar-refractivity contribution < 1.29 is 4.79 Å². The maximum Gasteiger partial charge on any atom is 0.343 e. The van der Waals surface area contributed by atoms with Crippen molar-refractivity contribution in [3.8, 4) is 12.1 Å². The van der Waals surface area contributed by atoms with Crippen LogP contribution in [-0.2, 0) is 0 Å². The van der Waals surface area contributed by atoms with Crippen LogP contribution in [0.4, 0.5) is 4.79 Å². The van der Waals surface area contributed by atoms with E-state index in [1.807, 2.05) is 0 Å². The molecule has 0 aromatic carbocycles. The Labute approximate surface area is 57.1 Å². The van der Waals surface area contributed by atoms with Crippen molar-refractivity contribution in [2.24, 2.45) is 11.7 Å². The predicted molar refractivity (Wildman–Crippen MR) is 31.3 cm³/mol. The molecular formula is C3H6N6O. The number of carbonyl (C=O) groups excluding carboxylic acids is 1. The van der Waals surface area contributed by atoms with Crippen LogP contribution in [0.1, 0.15) is 0 Å². The molecule has 2 amide bonds. The monoisotopic (exact) mass is 142 g/mol. The molecule has 0 atom stereocenters. The fraction of sp³-hybridized carbons (Fsp3) is 0. The Balaban J connectivity index is 0. The molecule has 7 heteroatoms. The molecule has 6 N–H and O–H groups in total. The lowest BCUT2D eigenvalue weighted by atomic mass is 10.9. The van der Waals surface area contributed by atoms with Crippen LogP contribution in [0.5, 0.6) is 0 Å². The molecule has 0 aliphatic carbocycles. The minimum Gasteiger partial charge on any atom is -0.275 e. The van der Waals surface area contributed by atoms with E-state index in [1.54, 1.807) is 10.9 Å². The third kappa shape index (κ3) is 16.4. The topological polar surface area (TPSA) is 141 Å². The molecule has 0 saturated heterocycles. The van der Waals surface area contributed by atoms with E-state index in [2.05, 4.69) is 11.7 Å². The van der Waals surface area contributed by atoms with E-state index in [4.69, 9.17) is 10.5 Å². The van der Waals surface area contributed by atoms with Gasteiger partial charge in [0.1, 0.15) is 0 Å². The molecule has 0 aromatic rings. The summed E-state index contributed by atoms with van der Waals surface area (Å²) in [5.41, 5.74) is 3.48. The zero-order valence-corrected chi connectivity index (χ0v) is 4.96. The quantitative estimate of drug-likeness (QED) is 0.177. The summed E-state index contributed by atoms with van der Waals surface area (Å²) in [6.45, 7) is 0. The van der Waals surface area contributed by atoms with Gasteiger partial charge in [0, 0.05) is 0 Å². The maximum absolute atomic E-state index is 9.71. The largest absolute Gasteiger partial charge is 0.343 e. The van der Waals surface area contributed by atoms with E-state index < -0.39 is 6.03 Å². The molecule has 0 bridgehead atoms. The Hall–Kier alpha value is -1.83. The van der Waals surface area contributed by atoms with Crippen LogP contribution in [0, 0.1) is 22.7 Å². The molecule has 0 heterocycles. The molecule has 10 heavy (non-hydrogen) atoms. The Bertz CT molecular complexity index is 145. The van der Waals surface area contributed by atoms with Crippen LogP contribution < -0.4 is 22.5 Å². The van der Waals surface area contributed by atoms with E-state index in [9.17, 15) is 4.79 Å². The Morgan fingerprint density at radius 3 is 1.50 bits per heavy atom. The predicted octanol–water partition coefficient (Wildman–Crippen LogP) is -1.93. The minimum absolute atomic E-state index is 0.602. The highest BCUT2D eigenvalue weighted by atomic mass is 16.2. The van der Waals surface area contributed by atoms with Gasteiger partial charge in [0.2, 0.25) is 0 Å².